The van der Waals surface area contributed by atoms with E-state index >= 15 is 0 Å². The first kappa shape index (κ1) is 14.8. The third kappa shape index (κ3) is 2.77. The van der Waals surface area contributed by atoms with E-state index in [1.165, 1.54) is 0 Å². The normalized spacial score (nSPS) is 12.5. The van der Waals surface area contributed by atoms with Gasteiger partial charge >= 0.3 is 0 Å². The minimum atomic E-state index is -0.218. The molecule has 114 valence electrons. The SMILES string of the molecule is COCc1c(C(=O)NC(C)c2cccs2)oc2ccccc12. The van der Waals surface area contributed by atoms with Crippen molar-refractivity contribution >= 4 is 28.2 Å². The summed E-state index contributed by atoms with van der Waals surface area (Å²) in [4.78, 5) is 13.7. The number of methoxy groups -OCH3 is 1. The lowest BCUT2D eigenvalue weighted by atomic mass is 10.1. The zero-order chi connectivity index (χ0) is 15.5. The van der Waals surface area contributed by atoms with Gasteiger partial charge in [-0.1, -0.05) is 24.3 Å². The number of fused-ring (bicyclic) bond motifs is 1. The molecule has 0 aliphatic carbocycles. The zero-order valence-corrected chi connectivity index (χ0v) is 13.3. The molecule has 5 heteroatoms. The summed E-state index contributed by atoms with van der Waals surface area (Å²) < 4.78 is 11.0. The maximum Gasteiger partial charge on any atom is 0.287 e. The Kier molecular flexibility index (Phi) is 4.27. The summed E-state index contributed by atoms with van der Waals surface area (Å²) in [6.07, 6.45) is 0. The van der Waals surface area contributed by atoms with Crippen LogP contribution in [0.25, 0.3) is 11.0 Å². The molecule has 1 amide bonds. The average Bonchev–Trinajstić information content (AvgIpc) is 3.16. The van der Waals surface area contributed by atoms with Crippen molar-refractivity contribution in [2.24, 2.45) is 0 Å². The average molecular weight is 315 g/mol. The highest BCUT2D eigenvalue weighted by Gasteiger charge is 2.22. The number of furan rings is 1. The molecule has 0 bridgehead atoms. The molecule has 0 spiro atoms. The third-order valence-corrected chi connectivity index (χ3v) is 4.57. The monoisotopic (exact) mass is 315 g/mol. The van der Waals surface area contributed by atoms with Gasteiger partial charge in [0.1, 0.15) is 5.58 Å². The summed E-state index contributed by atoms with van der Waals surface area (Å²) in [5.74, 6) is 0.107. The van der Waals surface area contributed by atoms with Crippen LogP contribution < -0.4 is 5.32 Å². The van der Waals surface area contributed by atoms with Gasteiger partial charge in [-0.05, 0) is 24.4 Å². The topological polar surface area (TPSA) is 51.5 Å². The van der Waals surface area contributed by atoms with Gasteiger partial charge in [0.05, 0.1) is 12.6 Å². The molecule has 22 heavy (non-hydrogen) atoms. The summed E-state index contributed by atoms with van der Waals surface area (Å²) in [5, 5.41) is 5.89. The molecule has 0 saturated heterocycles. The number of benzene rings is 1. The van der Waals surface area contributed by atoms with E-state index in [1.807, 2.05) is 48.7 Å². The van der Waals surface area contributed by atoms with Crippen LogP contribution in [0.2, 0.25) is 0 Å². The van der Waals surface area contributed by atoms with Crippen LogP contribution in [0.4, 0.5) is 0 Å². The molecule has 3 aromatic rings. The summed E-state index contributed by atoms with van der Waals surface area (Å²) in [7, 11) is 1.61. The number of hydrogen-bond donors (Lipinski definition) is 1. The standard InChI is InChI=1S/C17H17NO3S/c1-11(15-8-5-9-22-15)18-17(19)16-13(10-20-2)12-6-3-4-7-14(12)21-16/h3-9,11H,10H2,1-2H3,(H,18,19). The minimum Gasteiger partial charge on any atom is -0.451 e. The molecule has 1 N–H and O–H groups in total. The Morgan fingerprint density at radius 1 is 1.32 bits per heavy atom. The third-order valence-electron chi connectivity index (χ3n) is 3.51. The highest BCUT2D eigenvalue weighted by Crippen LogP contribution is 2.27. The summed E-state index contributed by atoms with van der Waals surface area (Å²) in [5.41, 5.74) is 1.48. The Morgan fingerprint density at radius 2 is 2.14 bits per heavy atom. The van der Waals surface area contributed by atoms with Gasteiger partial charge < -0.3 is 14.5 Å². The fourth-order valence-corrected chi connectivity index (χ4v) is 3.18. The van der Waals surface area contributed by atoms with Crippen LogP contribution in [0.1, 0.15) is 34.0 Å². The Hall–Kier alpha value is -2.11. The van der Waals surface area contributed by atoms with Crippen molar-refractivity contribution in [3.63, 3.8) is 0 Å². The molecule has 0 aliphatic rings. The predicted octanol–water partition coefficient (Wildman–Crippen LogP) is 4.13. The fraction of sp³-hybridized carbons (Fsp3) is 0.235. The van der Waals surface area contributed by atoms with Crippen molar-refractivity contribution in [1.29, 1.82) is 0 Å². The molecule has 0 fully saturated rings. The first-order valence-corrected chi connectivity index (χ1v) is 7.92. The second-order valence-electron chi connectivity index (χ2n) is 5.05. The smallest absolute Gasteiger partial charge is 0.287 e. The van der Waals surface area contributed by atoms with Gasteiger partial charge in [0, 0.05) is 22.9 Å². The van der Waals surface area contributed by atoms with E-state index in [1.54, 1.807) is 18.4 Å². The summed E-state index contributed by atoms with van der Waals surface area (Å²) in [6.45, 7) is 2.30. The number of thiophene rings is 1. The van der Waals surface area contributed by atoms with Gasteiger partial charge in [-0.3, -0.25) is 4.79 Å². The molecule has 0 radical (unpaired) electrons. The maximum absolute atomic E-state index is 12.6. The van der Waals surface area contributed by atoms with Crippen molar-refractivity contribution in [2.75, 3.05) is 7.11 Å². The number of amides is 1. The maximum atomic E-state index is 12.6. The number of para-hydroxylation sites is 1. The number of nitrogens with one attached hydrogen (secondary N) is 1. The lowest BCUT2D eigenvalue weighted by Crippen LogP contribution is -2.26. The van der Waals surface area contributed by atoms with Crippen LogP contribution in [0.15, 0.2) is 46.2 Å². The van der Waals surface area contributed by atoms with E-state index in [2.05, 4.69) is 5.32 Å². The van der Waals surface area contributed by atoms with Gasteiger partial charge in [0.25, 0.3) is 5.91 Å². The van der Waals surface area contributed by atoms with Gasteiger partial charge in [-0.2, -0.15) is 0 Å². The minimum absolute atomic E-state index is 0.0592. The molecular weight excluding hydrogens is 298 g/mol. The van der Waals surface area contributed by atoms with E-state index in [9.17, 15) is 4.79 Å². The van der Waals surface area contributed by atoms with Gasteiger partial charge in [-0.25, -0.2) is 0 Å². The number of rotatable bonds is 5. The Balaban J connectivity index is 1.91. The van der Waals surface area contributed by atoms with Crippen LogP contribution in [0.5, 0.6) is 0 Å². The summed E-state index contributed by atoms with van der Waals surface area (Å²) >= 11 is 1.62. The van der Waals surface area contributed by atoms with Crippen LogP contribution >= 0.6 is 11.3 Å². The highest BCUT2D eigenvalue weighted by molar-refractivity contribution is 7.10. The highest BCUT2D eigenvalue weighted by atomic mass is 32.1. The van der Waals surface area contributed by atoms with Crippen molar-refractivity contribution < 1.29 is 13.9 Å². The van der Waals surface area contributed by atoms with Gasteiger partial charge in [-0.15, -0.1) is 11.3 Å². The van der Waals surface area contributed by atoms with Crippen LogP contribution in [-0.2, 0) is 11.3 Å². The molecule has 3 rings (SSSR count). The van der Waals surface area contributed by atoms with Gasteiger partial charge in [0.2, 0.25) is 0 Å². The molecule has 0 aliphatic heterocycles. The molecule has 4 nitrogen and oxygen atoms in total. The molecule has 1 atom stereocenters. The second kappa shape index (κ2) is 6.34. The van der Waals surface area contributed by atoms with Crippen molar-refractivity contribution in [2.45, 2.75) is 19.6 Å². The number of hydrogen-bond acceptors (Lipinski definition) is 4. The van der Waals surface area contributed by atoms with E-state index in [0.29, 0.717) is 18.0 Å². The summed E-state index contributed by atoms with van der Waals surface area (Å²) in [6, 6.07) is 11.5. The van der Waals surface area contributed by atoms with E-state index in [4.69, 9.17) is 9.15 Å². The lowest BCUT2D eigenvalue weighted by Gasteiger charge is -2.11. The van der Waals surface area contributed by atoms with Crippen LogP contribution in [-0.4, -0.2) is 13.0 Å². The number of ether oxygens (including phenoxy) is 1. The quantitative estimate of drug-likeness (QED) is 0.770. The first-order chi connectivity index (χ1) is 10.7. The first-order valence-electron chi connectivity index (χ1n) is 7.04. The van der Waals surface area contributed by atoms with Crippen molar-refractivity contribution in [3.8, 4) is 0 Å². The molecule has 1 aromatic carbocycles. The van der Waals surface area contributed by atoms with E-state index in [0.717, 1.165) is 15.8 Å². The Labute approximate surface area is 132 Å². The molecular formula is C17H17NO3S. The largest absolute Gasteiger partial charge is 0.451 e. The van der Waals surface area contributed by atoms with Crippen LogP contribution in [0, 0.1) is 0 Å². The predicted molar refractivity (Wildman–Crippen MR) is 87.1 cm³/mol. The van der Waals surface area contributed by atoms with Crippen molar-refractivity contribution in [3.05, 3.63) is 58.0 Å². The molecule has 2 aromatic heterocycles. The van der Waals surface area contributed by atoms with Crippen LogP contribution in [0.3, 0.4) is 0 Å². The molecule has 0 saturated carbocycles. The zero-order valence-electron chi connectivity index (χ0n) is 12.5. The lowest BCUT2D eigenvalue weighted by molar-refractivity contribution is 0.0908. The molecule has 1 unspecified atom stereocenters. The number of carbonyl (C=O) groups is 1. The molecule has 2 heterocycles. The fourth-order valence-electron chi connectivity index (χ4n) is 2.44. The Bertz CT molecular complexity index is 776. The van der Waals surface area contributed by atoms with E-state index in [-0.39, 0.29) is 11.9 Å². The number of carbonyl (C=O) groups excluding carboxylic acids is 1. The Morgan fingerprint density at radius 3 is 2.86 bits per heavy atom. The second-order valence-corrected chi connectivity index (χ2v) is 6.03. The van der Waals surface area contributed by atoms with Crippen molar-refractivity contribution in [1.82, 2.24) is 5.32 Å². The van der Waals surface area contributed by atoms with E-state index < -0.39 is 0 Å². The van der Waals surface area contributed by atoms with Gasteiger partial charge in [0.15, 0.2) is 5.76 Å².